The quantitative estimate of drug-likeness (QED) is 0.654. The maximum absolute atomic E-state index is 5.39. The summed E-state index contributed by atoms with van der Waals surface area (Å²) < 4.78 is 10.7. The van der Waals surface area contributed by atoms with Crippen LogP contribution in [0.15, 0.2) is 48.5 Å². The van der Waals surface area contributed by atoms with Gasteiger partial charge in [0.05, 0.1) is 14.2 Å². The topological polar surface area (TPSA) is 59.5 Å². The van der Waals surface area contributed by atoms with Crippen molar-refractivity contribution in [3.63, 3.8) is 0 Å². The summed E-state index contributed by atoms with van der Waals surface area (Å²) in [6, 6.07) is 16.5. The molecule has 150 valence electrons. The smallest absolute Gasteiger partial charge is 0.232 e. The molecule has 0 aliphatic carbocycles. The maximum atomic E-state index is 5.39. The molecule has 1 aromatic heterocycles. The van der Waals surface area contributed by atoms with E-state index in [1.165, 1.54) is 16.8 Å². The lowest BCUT2D eigenvalue weighted by Gasteiger charge is -2.18. The van der Waals surface area contributed by atoms with E-state index in [1.807, 2.05) is 25.1 Å². The molecule has 0 bridgehead atoms. The van der Waals surface area contributed by atoms with Gasteiger partial charge in [-0.1, -0.05) is 24.3 Å². The lowest BCUT2D eigenvalue weighted by Crippen LogP contribution is -2.18. The minimum Gasteiger partial charge on any atom is -0.493 e. The summed E-state index contributed by atoms with van der Waals surface area (Å²) in [5.41, 5.74) is 4.68. The van der Waals surface area contributed by atoms with E-state index in [-0.39, 0.29) is 0 Å². The van der Waals surface area contributed by atoms with Crippen molar-refractivity contribution >= 4 is 17.5 Å². The second-order valence-corrected chi connectivity index (χ2v) is 7.09. The van der Waals surface area contributed by atoms with Crippen LogP contribution in [0.2, 0.25) is 0 Å². The number of ether oxygens (including phenoxy) is 2. The largest absolute Gasteiger partial charge is 0.493 e. The highest BCUT2D eigenvalue weighted by Gasteiger charge is 2.22. The zero-order chi connectivity index (χ0) is 20.2. The Bertz CT molecular complexity index is 1010. The Morgan fingerprint density at radius 1 is 1.00 bits per heavy atom. The standard InChI is InChI=1S/C23H26N4O2/c1-16-14-22(24-12-10-17-8-9-20(28-2)21(15-17)29-3)26-23(25-16)27-13-11-18-6-4-5-7-19(18)27/h4-9,14-15H,10-13H2,1-3H3,(H,24,25,26). The SMILES string of the molecule is COc1ccc(CCNc2cc(C)nc(N3CCc4ccccc43)n2)cc1OC. The Balaban J connectivity index is 1.45. The minimum atomic E-state index is 0.742. The first-order valence-electron chi connectivity index (χ1n) is 9.84. The summed E-state index contributed by atoms with van der Waals surface area (Å²) in [7, 11) is 3.30. The van der Waals surface area contributed by atoms with Crippen molar-refractivity contribution in [3.8, 4) is 11.5 Å². The zero-order valence-corrected chi connectivity index (χ0v) is 17.1. The summed E-state index contributed by atoms with van der Waals surface area (Å²) in [5.74, 6) is 3.09. The van der Waals surface area contributed by atoms with E-state index in [0.717, 1.165) is 54.9 Å². The molecule has 0 amide bonds. The number of methoxy groups -OCH3 is 2. The predicted octanol–water partition coefficient (Wildman–Crippen LogP) is 4.15. The monoisotopic (exact) mass is 390 g/mol. The number of para-hydroxylation sites is 1. The average molecular weight is 390 g/mol. The average Bonchev–Trinajstić information content (AvgIpc) is 3.17. The first-order valence-corrected chi connectivity index (χ1v) is 9.84. The molecule has 1 N–H and O–H groups in total. The van der Waals surface area contributed by atoms with Crippen molar-refractivity contribution in [1.29, 1.82) is 0 Å². The zero-order valence-electron chi connectivity index (χ0n) is 17.1. The number of rotatable bonds is 7. The van der Waals surface area contributed by atoms with Crippen molar-refractivity contribution in [2.75, 3.05) is 37.5 Å². The summed E-state index contributed by atoms with van der Waals surface area (Å²) in [6.07, 6.45) is 1.88. The van der Waals surface area contributed by atoms with Crippen LogP contribution >= 0.6 is 0 Å². The third-order valence-corrected chi connectivity index (χ3v) is 5.14. The third-order valence-electron chi connectivity index (χ3n) is 5.14. The van der Waals surface area contributed by atoms with Crippen molar-refractivity contribution < 1.29 is 9.47 Å². The molecule has 2 heterocycles. The fourth-order valence-electron chi connectivity index (χ4n) is 3.68. The molecule has 6 heteroatoms. The molecule has 29 heavy (non-hydrogen) atoms. The van der Waals surface area contributed by atoms with Gasteiger partial charge in [-0.3, -0.25) is 0 Å². The van der Waals surface area contributed by atoms with Crippen LogP contribution in [0.1, 0.15) is 16.8 Å². The second kappa shape index (κ2) is 8.39. The van der Waals surface area contributed by atoms with Gasteiger partial charge in [0.25, 0.3) is 0 Å². The highest BCUT2D eigenvalue weighted by Crippen LogP contribution is 2.33. The highest BCUT2D eigenvalue weighted by molar-refractivity contribution is 5.66. The van der Waals surface area contributed by atoms with E-state index < -0.39 is 0 Å². The fraction of sp³-hybridized carbons (Fsp3) is 0.304. The van der Waals surface area contributed by atoms with Crippen molar-refractivity contribution in [2.24, 2.45) is 0 Å². The van der Waals surface area contributed by atoms with E-state index in [1.54, 1.807) is 14.2 Å². The van der Waals surface area contributed by atoms with Crippen LogP contribution in [0.4, 0.5) is 17.5 Å². The van der Waals surface area contributed by atoms with Gasteiger partial charge in [0.2, 0.25) is 5.95 Å². The first kappa shape index (κ1) is 19.1. The molecule has 0 radical (unpaired) electrons. The Morgan fingerprint density at radius 3 is 2.66 bits per heavy atom. The molecular formula is C23H26N4O2. The first-order chi connectivity index (χ1) is 14.2. The van der Waals surface area contributed by atoms with Gasteiger partial charge in [0.15, 0.2) is 11.5 Å². The Labute approximate surface area is 171 Å². The van der Waals surface area contributed by atoms with Crippen LogP contribution < -0.4 is 19.7 Å². The molecule has 0 saturated carbocycles. The molecule has 0 spiro atoms. The molecular weight excluding hydrogens is 364 g/mol. The van der Waals surface area contributed by atoms with Crippen LogP contribution in [0.25, 0.3) is 0 Å². The second-order valence-electron chi connectivity index (χ2n) is 7.09. The summed E-state index contributed by atoms with van der Waals surface area (Å²) in [4.78, 5) is 11.6. The molecule has 0 unspecified atom stereocenters. The number of nitrogens with one attached hydrogen (secondary N) is 1. The number of nitrogens with zero attached hydrogens (tertiary/aromatic N) is 3. The van der Waals surface area contributed by atoms with Crippen LogP contribution in [0.3, 0.4) is 0 Å². The Hall–Kier alpha value is -3.28. The lowest BCUT2D eigenvalue weighted by atomic mass is 10.1. The number of hydrogen-bond donors (Lipinski definition) is 1. The number of hydrogen-bond acceptors (Lipinski definition) is 6. The lowest BCUT2D eigenvalue weighted by molar-refractivity contribution is 0.354. The molecule has 6 nitrogen and oxygen atoms in total. The number of anilines is 3. The number of fused-ring (bicyclic) bond motifs is 1. The summed E-state index contributed by atoms with van der Waals surface area (Å²) in [5, 5.41) is 3.44. The van der Waals surface area contributed by atoms with E-state index in [4.69, 9.17) is 14.5 Å². The van der Waals surface area contributed by atoms with Crippen LogP contribution in [0.5, 0.6) is 11.5 Å². The molecule has 4 rings (SSSR count). The van der Waals surface area contributed by atoms with E-state index in [0.29, 0.717) is 0 Å². The number of aromatic nitrogens is 2. The fourth-order valence-corrected chi connectivity index (χ4v) is 3.68. The minimum absolute atomic E-state index is 0.742. The molecule has 2 aromatic carbocycles. The van der Waals surface area contributed by atoms with Gasteiger partial charge in [-0.25, -0.2) is 4.98 Å². The number of aryl methyl sites for hydroxylation is 1. The third kappa shape index (κ3) is 4.11. The normalized spacial score (nSPS) is 12.6. The van der Waals surface area contributed by atoms with Gasteiger partial charge in [-0.05, 0) is 49.1 Å². The Kier molecular flexibility index (Phi) is 5.51. The summed E-state index contributed by atoms with van der Waals surface area (Å²) >= 11 is 0. The predicted molar refractivity (Wildman–Crippen MR) is 116 cm³/mol. The van der Waals surface area contributed by atoms with E-state index in [2.05, 4.69) is 45.5 Å². The summed E-state index contributed by atoms with van der Waals surface area (Å²) in [6.45, 7) is 3.68. The highest BCUT2D eigenvalue weighted by atomic mass is 16.5. The van der Waals surface area contributed by atoms with Gasteiger partial charge < -0.3 is 19.7 Å². The molecule has 1 aliphatic heterocycles. The van der Waals surface area contributed by atoms with Crippen molar-refractivity contribution in [3.05, 3.63) is 65.4 Å². The van der Waals surface area contributed by atoms with Crippen LogP contribution in [0, 0.1) is 6.92 Å². The number of benzene rings is 2. The van der Waals surface area contributed by atoms with Gasteiger partial charge in [0, 0.05) is 30.5 Å². The molecule has 3 aromatic rings. The van der Waals surface area contributed by atoms with Crippen LogP contribution in [-0.2, 0) is 12.8 Å². The van der Waals surface area contributed by atoms with Crippen molar-refractivity contribution in [2.45, 2.75) is 19.8 Å². The maximum Gasteiger partial charge on any atom is 0.232 e. The van der Waals surface area contributed by atoms with Crippen molar-refractivity contribution in [1.82, 2.24) is 9.97 Å². The van der Waals surface area contributed by atoms with E-state index >= 15 is 0 Å². The van der Waals surface area contributed by atoms with E-state index in [9.17, 15) is 0 Å². The van der Waals surface area contributed by atoms with Gasteiger partial charge in [0.1, 0.15) is 5.82 Å². The van der Waals surface area contributed by atoms with Crippen LogP contribution in [-0.4, -0.2) is 37.3 Å². The van der Waals surface area contributed by atoms with Gasteiger partial charge in [-0.2, -0.15) is 4.98 Å². The molecule has 1 aliphatic rings. The Morgan fingerprint density at radius 2 is 1.83 bits per heavy atom. The molecule has 0 fully saturated rings. The van der Waals surface area contributed by atoms with Gasteiger partial charge in [-0.15, -0.1) is 0 Å². The van der Waals surface area contributed by atoms with Gasteiger partial charge >= 0.3 is 0 Å². The molecule has 0 atom stereocenters. The molecule has 0 saturated heterocycles.